The molecule has 188 valence electrons. The molecule has 0 aromatic heterocycles. The number of nitrogens with zero attached hydrogens (tertiary/aromatic N) is 1. The summed E-state index contributed by atoms with van der Waals surface area (Å²) >= 11 is 0. The lowest BCUT2D eigenvalue weighted by Gasteiger charge is -2.51. The van der Waals surface area contributed by atoms with Crippen LogP contribution >= 0.6 is 0 Å². The maximum Gasteiger partial charge on any atom is 0.227 e. The first-order chi connectivity index (χ1) is 17.4. The lowest BCUT2D eigenvalue weighted by Crippen LogP contribution is -2.52. The predicted molar refractivity (Wildman–Crippen MR) is 140 cm³/mol. The SMILES string of the molecule is COc1ccccc1CC(=O)N1CC2C(C1)C(O)(c1ccccc1OC)CCC2(C)c1ccccc1. The van der Waals surface area contributed by atoms with E-state index in [0.29, 0.717) is 25.3 Å². The number of methoxy groups -OCH3 is 2. The number of carbonyl (C=O) groups excluding carboxylic acids is 1. The van der Waals surface area contributed by atoms with Crippen LogP contribution in [0.3, 0.4) is 0 Å². The molecule has 1 heterocycles. The monoisotopic (exact) mass is 485 g/mol. The smallest absolute Gasteiger partial charge is 0.227 e. The summed E-state index contributed by atoms with van der Waals surface area (Å²) in [5.41, 5.74) is 1.73. The average Bonchev–Trinajstić information content (AvgIpc) is 3.40. The van der Waals surface area contributed by atoms with Crippen molar-refractivity contribution >= 4 is 5.91 Å². The lowest BCUT2D eigenvalue weighted by atomic mass is 9.55. The van der Waals surface area contributed by atoms with Gasteiger partial charge < -0.3 is 19.5 Å². The van der Waals surface area contributed by atoms with Gasteiger partial charge in [0.15, 0.2) is 0 Å². The third-order valence-electron chi connectivity index (χ3n) is 8.67. The van der Waals surface area contributed by atoms with Gasteiger partial charge in [0.1, 0.15) is 11.5 Å². The van der Waals surface area contributed by atoms with Crippen LogP contribution in [-0.2, 0) is 22.2 Å². The van der Waals surface area contributed by atoms with Gasteiger partial charge in [0.05, 0.1) is 26.2 Å². The molecule has 3 aromatic carbocycles. The summed E-state index contributed by atoms with van der Waals surface area (Å²) in [6.07, 6.45) is 1.70. The van der Waals surface area contributed by atoms with E-state index in [2.05, 4.69) is 31.2 Å². The van der Waals surface area contributed by atoms with Gasteiger partial charge in [-0.15, -0.1) is 0 Å². The Bertz CT molecular complexity index is 1230. The van der Waals surface area contributed by atoms with Crippen LogP contribution in [0.4, 0.5) is 0 Å². The van der Waals surface area contributed by atoms with E-state index in [1.807, 2.05) is 59.5 Å². The zero-order valence-electron chi connectivity index (χ0n) is 21.3. The quantitative estimate of drug-likeness (QED) is 0.536. The van der Waals surface area contributed by atoms with E-state index >= 15 is 0 Å². The number of likely N-dealkylation sites (tertiary alicyclic amines) is 1. The molecule has 5 rings (SSSR count). The minimum absolute atomic E-state index is 0.0617. The summed E-state index contributed by atoms with van der Waals surface area (Å²) in [7, 11) is 3.28. The van der Waals surface area contributed by atoms with Crippen molar-refractivity contribution in [2.45, 2.75) is 37.2 Å². The first-order valence-electron chi connectivity index (χ1n) is 12.7. The molecule has 5 nitrogen and oxygen atoms in total. The van der Waals surface area contributed by atoms with Gasteiger partial charge in [0.25, 0.3) is 0 Å². The highest BCUT2D eigenvalue weighted by Crippen LogP contribution is 2.57. The van der Waals surface area contributed by atoms with Crippen LogP contribution < -0.4 is 9.47 Å². The molecule has 0 bridgehead atoms. The Kier molecular flexibility index (Phi) is 6.52. The largest absolute Gasteiger partial charge is 0.496 e. The number of benzene rings is 3. The highest BCUT2D eigenvalue weighted by Gasteiger charge is 2.59. The summed E-state index contributed by atoms with van der Waals surface area (Å²) < 4.78 is 11.2. The zero-order chi connectivity index (χ0) is 25.3. The summed E-state index contributed by atoms with van der Waals surface area (Å²) in [4.78, 5) is 15.6. The average molecular weight is 486 g/mol. The van der Waals surface area contributed by atoms with E-state index in [-0.39, 0.29) is 29.6 Å². The Balaban J connectivity index is 1.52. The molecule has 4 unspecified atom stereocenters. The lowest BCUT2D eigenvalue weighted by molar-refractivity contribution is -0.130. The Labute approximate surface area is 213 Å². The standard InChI is InChI=1S/C31H35NO4/c1-30(23-12-5-4-6-13-23)17-18-31(34,24-14-8-10-16-28(24)36-3)26-21-32(20-25(26)30)29(33)19-22-11-7-9-15-27(22)35-2/h4-16,25-26,34H,17-21H2,1-3H3. The minimum Gasteiger partial charge on any atom is -0.496 e. The molecule has 2 fully saturated rings. The Morgan fingerprint density at radius 3 is 2.19 bits per heavy atom. The van der Waals surface area contributed by atoms with E-state index < -0.39 is 5.60 Å². The Hall–Kier alpha value is -3.31. The van der Waals surface area contributed by atoms with Gasteiger partial charge in [-0.2, -0.15) is 0 Å². The predicted octanol–water partition coefficient (Wildman–Crippen LogP) is 4.96. The van der Waals surface area contributed by atoms with E-state index in [4.69, 9.17) is 9.47 Å². The second kappa shape index (κ2) is 9.62. The number of ether oxygens (including phenoxy) is 2. The van der Waals surface area contributed by atoms with Gasteiger partial charge in [-0.3, -0.25) is 4.79 Å². The van der Waals surface area contributed by atoms with Crippen LogP contribution in [0.15, 0.2) is 78.9 Å². The second-order valence-corrected chi connectivity index (χ2v) is 10.4. The molecule has 4 atom stereocenters. The highest BCUT2D eigenvalue weighted by atomic mass is 16.5. The number of aliphatic hydroxyl groups is 1. The van der Waals surface area contributed by atoms with E-state index in [0.717, 1.165) is 23.3 Å². The first kappa shape index (κ1) is 24.4. The van der Waals surface area contributed by atoms with Gasteiger partial charge in [-0.25, -0.2) is 0 Å². The minimum atomic E-state index is -1.08. The first-order valence-corrected chi connectivity index (χ1v) is 12.7. The zero-order valence-corrected chi connectivity index (χ0v) is 21.3. The summed E-state index contributed by atoms with van der Waals surface area (Å²) in [5, 5.41) is 12.3. The van der Waals surface area contributed by atoms with Gasteiger partial charge in [0.2, 0.25) is 5.91 Å². The molecule has 2 aliphatic rings. The molecule has 5 heteroatoms. The van der Waals surface area contributed by atoms with Gasteiger partial charge in [-0.05, 0) is 41.9 Å². The molecule has 1 N–H and O–H groups in total. The molecule has 1 saturated carbocycles. The number of hydrogen-bond acceptors (Lipinski definition) is 4. The highest BCUT2D eigenvalue weighted by molar-refractivity contribution is 5.80. The van der Waals surface area contributed by atoms with Crippen LogP contribution in [0.1, 0.15) is 36.5 Å². The number of fused-ring (bicyclic) bond motifs is 1. The van der Waals surface area contributed by atoms with Gasteiger partial charge >= 0.3 is 0 Å². The van der Waals surface area contributed by atoms with Crippen LogP contribution in [-0.4, -0.2) is 43.2 Å². The Morgan fingerprint density at radius 1 is 0.861 bits per heavy atom. The van der Waals surface area contributed by atoms with E-state index in [1.165, 1.54) is 5.56 Å². The van der Waals surface area contributed by atoms with Crippen LogP contribution in [0, 0.1) is 11.8 Å². The van der Waals surface area contributed by atoms with Gasteiger partial charge in [-0.1, -0.05) is 73.7 Å². The molecule has 0 spiro atoms. The van der Waals surface area contributed by atoms with Crippen LogP contribution in [0.5, 0.6) is 11.5 Å². The second-order valence-electron chi connectivity index (χ2n) is 10.4. The fourth-order valence-corrected chi connectivity index (χ4v) is 6.60. The van der Waals surface area contributed by atoms with Crippen molar-refractivity contribution < 1.29 is 19.4 Å². The maximum absolute atomic E-state index is 13.6. The molecule has 1 aliphatic carbocycles. The van der Waals surface area contributed by atoms with Crippen molar-refractivity contribution in [3.05, 3.63) is 95.6 Å². The number of amides is 1. The number of rotatable bonds is 6. The third-order valence-corrected chi connectivity index (χ3v) is 8.67. The fourth-order valence-electron chi connectivity index (χ4n) is 6.60. The van der Waals surface area contributed by atoms with E-state index in [9.17, 15) is 9.90 Å². The summed E-state index contributed by atoms with van der Waals surface area (Å²) in [6, 6.07) is 26.0. The van der Waals surface area contributed by atoms with Crippen molar-refractivity contribution in [2.24, 2.45) is 11.8 Å². The molecular weight excluding hydrogens is 450 g/mol. The molecule has 0 radical (unpaired) electrons. The number of para-hydroxylation sites is 2. The maximum atomic E-state index is 13.6. The Morgan fingerprint density at radius 2 is 1.47 bits per heavy atom. The summed E-state index contributed by atoms with van der Waals surface area (Å²) in [5.74, 6) is 1.47. The molecular formula is C31H35NO4. The molecule has 1 saturated heterocycles. The van der Waals surface area contributed by atoms with Crippen molar-refractivity contribution in [3.63, 3.8) is 0 Å². The van der Waals surface area contributed by atoms with Crippen molar-refractivity contribution in [2.75, 3.05) is 27.3 Å². The normalized spacial score (nSPS) is 27.4. The van der Waals surface area contributed by atoms with Crippen LogP contribution in [0.2, 0.25) is 0 Å². The summed E-state index contributed by atoms with van der Waals surface area (Å²) in [6.45, 7) is 3.42. The molecule has 1 amide bonds. The molecule has 3 aromatic rings. The number of hydrogen-bond donors (Lipinski definition) is 1. The topological polar surface area (TPSA) is 59.0 Å². The third kappa shape index (κ3) is 4.05. The van der Waals surface area contributed by atoms with Crippen LogP contribution in [0.25, 0.3) is 0 Å². The molecule has 36 heavy (non-hydrogen) atoms. The van der Waals surface area contributed by atoms with Gasteiger partial charge in [0, 0.05) is 30.1 Å². The van der Waals surface area contributed by atoms with E-state index in [1.54, 1.807) is 14.2 Å². The van der Waals surface area contributed by atoms with Crippen molar-refractivity contribution in [1.82, 2.24) is 4.90 Å². The number of carbonyl (C=O) groups is 1. The van der Waals surface area contributed by atoms with Crippen molar-refractivity contribution in [1.29, 1.82) is 0 Å². The fraction of sp³-hybridized carbons (Fsp3) is 0.387. The van der Waals surface area contributed by atoms with Crippen molar-refractivity contribution in [3.8, 4) is 11.5 Å². The molecule has 1 aliphatic heterocycles.